The molecule has 31 heavy (non-hydrogen) atoms. The summed E-state index contributed by atoms with van der Waals surface area (Å²) in [6.07, 6.45) is 1.64. The molecule has 1 unspecified atom stereocenters. The molecule has 1 fully saturated rings. The monoisotopic (exact) mass is 466 g/mol. The Morgan fingerprint density at radius 3 is 2.74 bits per heavy atom. The summed E-state index contributed by atoms with van der Waals surface area (Å²) in [4.78, 5) is 33.1. The number of benzene rings is 1. The van der Waals surface area contributed by atoms with Gasteiger partial charge in [-0.1, -0.05) is 23.4 Å². The molecule has 162 valence electrons. The van der Waals surface area contributed by atoms with Gasteiger partial charge in [-0.15, -0.1) is 0 Å². The molecule has 1 amide bonds. The van der Waals surface area contributed by atoms with Crippen LogP contribution >= 0.6 is 23.4 Å². The standard InChI is InChI=1S/C20H17ClF2N4O3S/c1-19(14-7-20(14,17(29)30-2)31-18(24)27-19)11-5-10(6-12(22)15(11)23)26-16(28)13-4-3-9(21)8-25-13/h3-6,8,14H,7H2,1-2H3,(H2,24,27)(H,26,28)/t14?,19-,20+/m1/s1. The van der Waals surface area contributed by atoms with E-state index in [4.69, 9.17) is 22.1 Å². The predicted octanol–water partition coefficient (Wildman–Crippen LogP) is 3.47. The smallest absolute Gasteiger partial charge is 0.322 e. The number of fused-ring (bicyclic) bond motifs is 1. The third kappa shape index (κ3) is 3.53. The van der Waals surface area contributed by atoms with E-state index >= 15 is 0 Å². The summed E-state index contributed by atoms with van der Waals surface area (Å²) in [7, 11) is 1.26. The van der Waals surface area contributed by atoms with Crippen molar-refractivity contribution in [3.63, 3.8) is 0 Å². The van der Waals surface area contributed by atoms with Gasteiger partial charge in [0.1, 0.15) is 10.4 Å². The minimum absolute atomic E-state index is 0.00758. The predicted molar refractivity (Wildman–Crippen MR) is 113 cm³/mol. The number of ether oxygens (including phenoxy) is 1. The highest BCUT2D eigenvalue weighted by Crippen LogP contribution is 2.66. The number of hydrogen-bond donors (Lipinski definition) is 2. The number of nitrogens with one attached hydrogen (secondary N) is 1. The lowest BCUT2D eigenvalue weighted by molar-refractivity contribution is -0.141. The molecule has 0 saturated heterocycles. The van der Waals surface area contributed by atoms with Gasteiger partial charge in [-0.2, -0.15) is 0 Å². The van der Waals surface area contributed by atoms with Gasteiger partial charge in [0, 0.05) is 29.4 Å². The first kappa shape index (κ1) is 21.5. The number of anilines is 1. The van der Waals surface area contributed by atoms with Gasteiger partial charge in [-0.25, -0.2) is 13.8 Å². The van der Waals surface area contributed by atoms with E-state index in [9.17, 15) is 18.4 Å². The average molecular weight is 467 g/mol. The molecule has 0 bridgehead atoms. The highest BCUT2D eigenvalue weighted by atomic mass is 35.5. The normalized spacial score (nSPS) is 26.5. The summed E-state index contributed by atoms with van der Waals surface area (Å²) < 4.78 is 33.3. The minimum atomic E-state index is -1.33. The van der Waals surface area contributed by atoms with Crippen molar-refractivity contribution >= 4 is 46.1 Å². The largest absolute Gasteiger partial charge is 0.468 e. The van der Waals surface area contributed by atoms with Crippen LogP contribution in [0.3, 0.4) is 0 Å². The van der Waals surface area contributed by atoms with Crippen molar-refractivity contribution in [2.45, 2.75) is 23.6 Å². The van der Waals surface area contributed by atoms with Crippen LogP contribution in [0.4, 0.5) is 14.5 Å². The first-order valence-corrected chi connectivity index (χ1v) is 10.4. The number of rotatable bonds is 4. The number of nitrogens with two attached hydrogens (primary N) is 1. The Kier molecular flexibility index (Phi) is 5.17. The zero-order chi connectivity index (χ0) is 22.6. The number of aliphatic imine (C=N–C) groups is 1. The van der Waals surface area contributed by atoms with Gasteiger partial charge in [-0.3, -0.25) is 14.6 Å². The number of carbonyl (C=O) groups is 2. The molecule has 3 N–H and O–H groups in total. The Balaban J connectivity index is 1.71. The van der Waals surface area contributed by atoms with Gasteiger partial charge in [0.2, 0.25) is 0 Å². The third-order valence-corrected chi connectivity index (χ3v) is 7.05. The van der Waals surface area contributed by atoms with Crippen LogP contribution in [0.15, 0.2) is 35.5 Å². The van der Waals surface area contributed by atoms with Crippen LogP contribution < -0.4 is 11.1 Å². The minimum Gasteiger partial charge on any atom is -0.468 e. The molecule has 2 heterocycles. The summed E-state index contributed by atoms with van der Waals surface area (Å²) in [5.41, 5.74) is 4.55. The SMILES string of the molecule is COC(=O)[C@]12CC1[C@@](C)(c1cc(NC(=O)c3ccc(Cl)cn3)cc(F)c1F)N=C(N)S2. The lowest BCUT2D eigenvalue weighted by Gasteiger charge is -2.33. The Morgan fingerprint density at radius 1 is 1.35 bits per heavy atom. The Bertz CT molecular complexity index is 1130. The molecular weight excluding hydrogens is 450 g/mol. The quantitative estimate of drug-likeness (QED) is 0.668. The second kappa shape index (κ2) is 7.45. The number of thioether (sulfide) groups is 1. The third-order valence-electron chi connectivity index (χ3n) is 5.54. The van der Waals surface area contributed by atoms with Gasteiger partial charge >= 0.3 is 5.97 Å². The lowest BCUT2D eigenvalue weighted by Crippen LogP contribution is -2.40. The summed E-state index contributed by atoms with van der Waals surface area (Å²) >= 11 is 6.83. The first-order chi connectivity index (χ1) is 14.6. The fourth-order valence-electron chi connectivity index (χ4n) is 3.95. The maximum absolute atomic E-state index is 14.9. The molecule has 3 atom stereocenters. The molecule has 4 rings (SSSR count). The lowest BCUT2D eigenvalue weighted by atomic mass is 9.85. The van der Waals surface area contributed by atoms with Gasteiger partial charge in [0.05, 0.1) is 17.7 Å². The Morgan fingerprint density at radius 2 is 2.10 bits per heavy atom. The molecule has 0 radical (unpaired) electrons. The van der Waals surface area contributed by atoms with Crippen molar-refractivity contribution in [2.24, 2.45) is 16.6 Å². The fourth-order valence-corrected chi connectivity index (χ4v) is 5.46. The number of carbonyl (C=O) groups excluding carboxylic acids is 2. The molecule has 0 spiro atoms. The van der Waals surface area contributed by atoms with Crippen molar-refractivity contribution in [1.29, 1.82) is 0 Å². The Hall–Kier alpha value is -2.72. The maximum Gasteiger partial charge on any atom is 0.322 e. The van der Waals surface area contributed by atoms with Crippen LogP contribution in [0.5, 0.6) is 0 Å². The number of amidine groups is 1. The van der Waals surface area contributed by atoms with E-state index in [0.717, 1.165) is 17.8 Å². The van der Waals surface area contributed by atoms with Crippen LogP contribution in [-0.2, 0) is 15.1 Å². The van der Waals surface area contributed by atoms with Gasteiger partial charge in [0.15, 0.2) is 16.8 Å². The van der Waals surface area contributed by atoms with Crippen LogP contribution in [0.2, 0.25) is 5.02 Å². The Labute approximate surface area is 185 Å². The second-order valence-corrected chi connectivity index (χ2v) is 9.26. The summed E-state index contributed by atoms with van der Waals surface area (Å²) in [6, 6.07) is 5.04. The van der Waals surface area contributed by atoms with Crippen LogP contribution in [0.25, 0.3) is 0 Å². The molecular formula is C20H17ClF2N4O3S. The van der Waals surface area contributed by atoms with Crippen LogP contribution in [0.1, 0.15) is 29.4 Å². The molecule has 2 aliphatic rings. The summed E-state index contributed by atoms with van der Waals surface area (Å²) in [6.45, 7) is 1.58. The van der Waals surface area contributed by atoms with Crippen molar-refractivity contribution in [2.75, 3.05) is 12.4 Å². The van der Waals surface area contributed by atoms with Crippen molar-refractivity contribution in [1.82, 2.24) is 4.98 Å². The van der Waals surface area contributed by atoms with E-state index in [1.807, 2.05) is 0 Å². The number of halogens is 3. The van der Waals surface area contributed by atoms with E-state index in [1.165, 1.54) is 31.5 Å². The highest BCUT2D eigenvalue weighted by molar-refractivity contribution is 8.15. The summed E-state index contributed by atoms with van der Waals surface area (Å²) in [5.74, 6) is -3.88. The van der Waals surface area contributed by atoms with Gasteiger partial charge < -0.3 is 15.8 Å². The molecule has 1 aromatic heterocycles. The molecule has 1 aliphatic heterocycles. The second-order valence-electron chi connectivity index (χ2n) is 7.47. The number of esters is 1. The fraction of sp³-hybridized carbons (Fsp3) is 0.300. The number of aromatic nitrogens is 1. The van der Waals surface area contributed by atoms with Gasteiger partial charge in [-0.05, 0) is 31.5 Å². The number of hydrogen-bond acceptors (Lipinski definition) is 7. The van der Waals surface area contributed by atoms with Crippen molar-refractivity contribution < 1.29 is 23.1 Å². The van der Waals surface area contributed by atoms with Crippen molar-refractivity contribution in [3.8, 4) is 0 Å². The molecule has 11 heteroatoms. The first-order valence-electron chi connectivity index (χ1n) is 9.16. The van der Waals surface area contributed by atoms with E-state index in [1.54, 1.807) is 6.92 Å². The summed E-state index contributed by atoms with van der Waals surface area (Å²) in [5, 5.41) is 2.92. The number of pyridine rings is 1. The number of amides is 1. The van der Waals surface area contributed by atoms with Crippen LogP contribution in [0, 0.1) is 17.6 Å². The number of nitrogens with zero attached hydrogens (tertiary/aromatic N) is 2. The molecule has 2 aromatic rings. The van der Waals surface area contributed by atoms with E-state index in [-0.39, 0.29) is 22.1 Å². The maximum atomic E-state index is 14.9. The van der Waals surface area contributed by atoms with E-state index < -0.39 is 39.7 Å². The molecule has 1 saturated carbocycles. The molecule has 1 aromatic carbocycles. The highest BCUT2D eigenvalue weighted by Gasteiger charge is 2.71. The number of methoxy groups -OCH3 is 1. The topological polar surface area (TPSA) is 107 Å². The molecule has 1 aliphatic carbocycles. The zero-order valence-electron chi connectivity index (χ0n) is 16.4. The zero-order valence-corrected chi connectivity index (χ0v) is 18.0. The van der Waals surface area contributed by atoms with E-state index in [0.29, 0.717) is 11.4 Å². The average Bonchev–Trinajstić information content (AvgIpc) is 3.47. The molecule has 7 nitrogen and oxygen atoms in total. The van der Waals surface area contributed by atoms with Gasteiger partial charge in [0.25, 0.3) is 5.91 Å². The van der Waals surface area contributed by atoms with E-state index in [2.05, 4.69) is 15.3 Å². The van der Waals surface area contributed by atoms with Crippen molar-refractivity contribution in [3.05, 3.63) is 58.4 Å². The van der Waals surface area contributed by atoms with Crippen LogP contribution in [-0.4, -0.2) is 33.9 Å².